The Balaban J connectivity index is 1.91. The molecule has 6 nitrogen and oxygen atoms in total. The number of aromatic nitrogens is 5. The number of pyridine rings is 1. The second-order valence-electron chi connectivity index (χ2n) is 4.60. The van der Waals surface area contributed by atoms with E-state index in [1.807, 2.05) is 11.6 Å². The van der Waals surface area contributed by atoms with Crippen molar-refractivity contribution in [2.75, 3.05) is 5.73 Å². The second-order valence-corrected chi connectivity index (χ2v) is 6.39. The van der Waals surface area contributed by atoms with Crippen LogP contribution in [0.5, 0.6) is 0 Å². The quantitative estimate of drug-likeness (QED) is 0.692. The van der Waals surface area contributed by atoms with Crippen molar-refractivity contribution in [1.82, 2.24) is 24.5 Å². The van der Waals surface area contributed by atoms with Gasteiger partial charge in [0.05, 0.1) is 23.7 Å². The molecule has 9 heteroatoms. The average molecular weight is 377 g/mol. The number of nitrogens with two attached hydrogens (primary N) is 1. The molecule has 3 aromatic rings. The molecular formula is C15H10Cl2N6S. The first-order chi connectivity index (χ1) is 11.5. The highest BCUT2D eigenvalue weighted by Gasteiger charge is 2.11. The monoisotopic (exact) mass is 376 g/mol. The van der Waals surface area contributed by atoms with E-state index in [-0.39, 0.29) is 11.0 Å². The standard InChI is InChI=1S/C15H10Cl2N6S/c1-23-8-19-6-9(23)2-3-10-13(17)11(4-5-20-10)24-15-14(18)22-12(16)7-21-15/h4-8H,1H3,(H2,18,22). The third kappa shape index (κ3) is 3.62. The predicted molar refractivity (Wildman–Crippen MR) is 94.0 cm³/mol. The van der Waals surface area contributed by atoms with Crippen LogP contribution in [-0.2, 0) is 7.05 Å². The van der Waals surface area contributed by atoms with Crippen LogP contribution in [0.15, 0.2) is 40.9 Å². The fourth-order valence-corrected chi connectivity index (χ4v) is 2.94. The van der Waals surface area contributed by atoms with Gasteiger partial charge in [-0.3, -0.25) is 0 Å². The maximum absolute atomic E-state index is 6.40. The van der Waals surface area contributed by atoms with Crippen molar-refractivity contribution in [3.8, 4) is 11.8 Å². The molecule has 0 unspecified atom stereocenters. The summed E-state index contributed by atoms with van der Waals surface area (Å²) in [6.45, 7) is 0. The Labute approximate surface area is 152 Å². The first-order valence-electron chi connectivity index (χ1n) is 6.63. The minimum Gasteiger partial charge on any atom is -0.381 e. The van der Waals surface area contributed by atoms with E-state index >= 15 is 0 Å². The third-order valence-corrected chi connectivity index (χ3v) is 4.67. The van der Waals surface area contributed by atoms with Gasteiger partial charge in [-0.2, -0.15) is 0 Å². The normalized spacial score (nSPS) is 10.3. The summed E-state index contributed by atoms with van der Waals surface area (Å²) in [4.78, 5) is 17.1. The van der Waals surface area contributed by atoms with E-state index in [4.69, 9.17) is 28.9 Å². The summed E-state index contributed by atoms with van der Waals surface area (Å²) < 4.78 is 1.81. The molecule has 3 rings (SSSR count). The highest BCUT2D eigenvalue weighted by atomic mass is 35.5. The number of nitrogen functional groups attached to an aromatic ring is 1. The lowest BCUT2D eigenvalue weighted by molar-refractivity contribution is 0.899. The molecule has 0 atom stereocenters. The fourth-order valence-electron chi connectivity index (χ4n) is 1.75. The van der Waals surface area contributed by atoms with Crippen LogP contribution in [0.4, 0.5) is 5.82 Å². The Morgan fingerprint density at radius 2 is 2.04 bits per heavy atom. The average Bonchev–Trinajstić information content (AvgIpc) is 2.96. The maximum Gasteiger partial charge on any atom is 0.158 e. The van der Waals surface area contributed by atoms with Gasteiger partial charge in [-0.25, -0.2) is 19.9 Å². The van der Waals surface area contributed by atoms with E-state index < -0.39 is 0 Å². The molecule has 120 valence electrons. The highest BCUT2D eigenvalue weighted by molar-refractivity contribution is 7.99. The zero-order valence-corrected chi connectivity index (χ0v) is 14.7. The van der Waals surface area contributed by atoms with Gasteiger partial charge in [0, 0.05) is 18.1 Å². The SMILES string of the molecule is Cn1cncc1C#Cc1nccc(Sc2ncc(Cl)nc2N)c1Cl. The summed E-state index contributed by atoms with van der Waals surface area (Å²) in [5, 5.41) is 1.17. The van der Waals surface area contributed by atoms with E-state index in [0.29, 0.717) is 15.7 Å². The second kappa shape index (κ2) is 7.09. The number of hydrogen-bond acceptors (Lipinski definition) is 6. The number of anilines is 1. The van der Waals surface area contributed by atoms with Gasteiger partial charge < -0.3 is 10.3 Å². The van der Waals surface area contributed by atoms with Crippen LogP contribution in [0.2, 0.25) is 10.2 Å². The Kier molecular flexibility index (Phi) is 4.90. The minimum absolute atomic E-state index is 0.236. The van der Waals surface area contributed by atoms with Gasteiger partial charge in [0.2, 0.25) is 0 Å². The van der Waals surface area contributed by atoms with Crippen molar-refractivity contribution in [2.24, 2.45) is 7.05 Å². The van der Waals surface area contributed by atoms with Gasteiger partial charge >= 0.3 is 0 Å². The molecule has 3 aromatic heterocycles. The summed E-state index contributed by atoms with van der Waals surface area (Å²) in [6.07, 6.45) is 6.40. The van der Waals surface area contributed by atoms with Gasteiger partial charge in [-0.1, -0.05) is 35.0 Å². The van der Waals surface area contributed by atoms with E-state index in [1.165, 1.54) is 18.0 Å². The number of hydrogen-bond donors (Lipinski definition) is 1. The van der Waals surface area contributed by atoms with Crippen LogP contribution >= 0.6 is 35.0 Å². The highest BCUT2D eigenvalue weighted by Crippen LogP contribution is 2.35. The Bertz CT molecular complexity index is 960. The van der Waals surface area contributed by atoms with Crippen LogP contribution in [0.3, 0.4) is 0 Å². The first-order valence-corrected chi connectivity index (χ1v) is 8.20. The van der Waals surface area contributed by atoms with Gasteiger partial charge in [-0.15, -0.1) is 0 Å². The van der Waals surface area contributed by atoms with Crippen LogP contribution in [0, 0.1) is 11.8 Å². The van der Waals surface area contributed by atoms with Gasteiger partial charge in [-0.05, 0) is 17.9 Å². The molecule has 0 saturated carbocycles. The lowest BCUT2D eigenvalue weighted by atomic mass is 10.3. The van der Waals surface area contributed by atoms with E-state index in [0.717, 1.165) is 10.6 Å². The molecule has 0 amide bonds. The van der Waals surface area contributed by atoms with Crippen molar-refractivity contribution in [1.29, 1.82) is 0 Å². The van der Waals surface area contributed by atoms with Crippen molar-refractivity contribution in [3.05, 3.63) is 52.5 Å². The molecule has 0 aliphatic carbocycles. The molecule has 0 aliphatic rings. The molecule has 0 bridgehead atoms. The van der Waals surface area contributed by atoms with Crippen LogP contribution < -0.4 is 5.73 Å². The molecule has 0 fully saturated rings. The van der Waals surface area contributed by atoms with Crippen molar-refractivity contribution < 1.29 is 0 Å². The molecule has 0 saturated heterocycles. The van der Waals surface area contributed by atoms with Crippen molar-refractivity contribution in [3.63, 3.8) is 0 Å². The molecule has 0 radical (unpaired) electrons. The van der Waals surface area contributed by atoms with Crippen molar-refractivity contribution in [2.45, 2.75) is 9.92 Å². The van der Waals surface area contributed by atoms with Crippen LogP contribution in [-0.4, -0.2) is 24.5 Å². The summed E-state index contributed by atoms with van der Waals surface area (Å²) in [7, 11) is 1.86. The largest absolute Gasteiger partial charge is 0.381 e. The summed E-state index contributed by atoms with van der Waals surface area (Å²) >= 11 is 13.4. The molecular weight excluding hydrogens is 367 g/mol. The molecule has 0 spiro atoms. The van der Waals surface area contributed by atoms with E-state index in [2.05, 4.69) is 31.8 Å². The molecule has 0 aromatic carbocycles. The maximum atomic E-state index is 6.40. The molecule has 2 N–H and O–H groups in total. The van der Waals surface area contributed by atoms with Gasteiger partial charge in [0.1, 0.15) is 21.6 Å². The lowest BCUT2D eigenvalue weighted by Crippen LogP contribution is -1.96. The number of rotatable bonds is 2. The Morgan fingerprint density at radius 1 is 1.21 bits per heavy atom. The fraction of sp³-hybridized carbons (Fsp3) is 0.0667. The first kappa shape index (κ1) is 16.6. The lowest BCUT2D eigenvalue weighted by Gasteiger charge is -2.06. The minimum atomic E-state index is 0.236. The summed E-state index contributed by atoms with van der Waals surface area (Å²) in [6, 6.07) is 1.76. The zero-order chi connectivity index (χ0) is 17.1. The Hall–Kier alpha value is -2.27. The summed E-state index contributed by atoms with van der Waals surface area (Å²) in [5.41, 5.74) is 7.05. The van der Waals surface area contributed by atoms with Gasteiger partial charge in [0.25, 0.3) is 0 Å². The van der Waals surface area contributed by atoms with Crippen molar-refractivity contribution >= 4 is 40.8 Å². The van der Waals surface area contributed by atoms with E-state index in [1.54, 1.807) is 24.8 Å². The predicted octanol–water partition coefficient (Wildman–Crippen LogP) is 3.05. The third-order valence-electron chi connectivity index (χ3n) is 2.92. The smallest absolute Gasteiger partial charge is 0.158 e. The number of aryl methyl sites for hydroxylation is 1. The topological polar surface area (TPSA) is 82.5 Å². The summed E-state index contributed by atoms with van der Waals surface area (Å²) in [5.74, 6) is 6.17. The molecule has 3 heterocycles. The van der Waals surface area contributed by atoms with Crippen LogP contribution in [0.1, 0.15) is 11.4 Å². The van der Waals surface area contributed by atoms with Gasteiger partial charge in [0.15, 0.2) is 5.82 Å². The molecule has 0 aliphatic heterocycles. The van der Waals surface area contributed by atoms with E-state index in [9.17, 15) is 0 Å². The number of halogens is 2. The molecule has 24 heavy (non-hydrogen) atoms. The Morgan fingerprint density at radius 3 is 2.75 bits per heavy atom. The number of nitrogens with zero attached hydrogens (tertiary/aromatic N) is 5. The zero-order valence-electron chi connectivity index (χ0n) is 12.4. The number of imidazole rings is 1. The van der Waals surface area contributed by atoms with Crippen LogP contribution in [0.25, 0.3) is 0 Å².